The van der Waals surface area contributed by atoms with Crippen LogP contribution in [0, 0.1) is 17.7 Å². The second kappa shape index (κ2) is 7.73. The number of hydrogen-bond donors (Lipinski definition) is 1. The van der Waals surface area contributed by atoms with E-state index in [4.69, 9.17) is 0 Å². The Morgan fingerprint density at radius 3 is 2.27 bits per heavy atom. The smallest absolute Gasteiger partial charge is 0.225 e. The molecule has 22 heavy (non-hydrogen) atoms. The van der Waals surface area contributed by atoms with Gasteiger partial charge in [0.15, 0.2) is 0 Å². The third kappa shape index (κ3) is 3.86. The van der Waals surface area contributed by atoms with Gasteiger partial charge in [0.05, 0.1) is 6.10 Å². The molecule has 1 amide bonds. The van der Waals surface area contributed by atoms with Crippen molar-refractivity contribution in [2.45, 2.75) is 45.6 Å². The zero-order valence-corrected chi connectivity index (χ0v) is 13.5. The number of nitrogens with zero attached hydrogens (tertiary/aromatic N) is 1. The normalized spacial score (nSPS) is 17.8. The third-order valence-electron chi connectivity index (χ3n) is 4.84. The number of piperidine rings is 1. The molecule has 0 aliphatic carbocycles. The fourth-order valence-electron chi connectivity index (χ4n) is 3.26. The summed E-state index contributed by atoms with van der Waals surface area (Å²) in [4.78, 5) is 14.3. The molecular formula is C18H26FNO2. The van der Waals surface area contributed by atoms with Crippen LogP contribution in [-0.4, -0.2) is 29.0 Å². The monoisotopic (exact) mass is 307 g/mol. The van der Waals surface area contributed by atoms with Crippen LogP contribution in [0.4, 0.5) is 4.39 Å². The lowest BCUT2D eigenvalue weighted by Gasteiger charge is -2.36. The Kier molecular flexibility index (Phi) is 5.95. The molecule has 0 spiro atoms. The average Bonchev–Trinajstić information content (AvgIpc) is 2.56. The molecule has 4 heteroatoms. The van der Waals surface area contributed by atoms with E-state index in [1.807, 2.05) is 4.90 Å². The van der Waals surface area contributed by atoms with E-state index in [2.05, 4.69) is 13.8 Å². The maximum atomic E-state index is 12.9. The van der Waals surface area contributed by atoms with E-state index in [1.54, 1.807) is 12.1 Å². The number of hydrogen-bond acceptors (Lipinski definition) is 2. The van der Waals surface area contributed by atoms with Crippen molar-refractivity contribution in [3.8, 4) is 0 Å². The zero-order valence-electron chi connectivity index (χ0n) is 13.5. The molecular weight excluding hydrogens is 281 g/mol. The van der Waals surface area contributed by atoms with Crippen LogP contribution in [0.1, 0.15) is 51.2 Å². The van der Waals surface area contributed by atoms with E-state index in [0.29, 0.717) is 13.1 Å². The fourth-order valence-corrected chi connectivity index (χ4v) is 3.26. The second-order valence-corrected chi connectivity index (χ2v) is 6.17. The molecule has 1 N–H and O–H groups in total. The summed E-state index contributed by atoms with van der Waals surface area (Å²) in [5.41, 5.74) is 0.756. The fraction of sp³-hybridized carbons (Fsp3) is 0.611. The number of aliphatic hydroxyl groups excluding tert-OH is 1. The Hall–Kier alpha value is -1.42. The highest BCUT2D eigenvalue weighted by Gasteiger charge is 2.30. The molecule has 1 atom stereocenters. The van der Waals surface area contributed by atoms with Crippen molar-refractivity contribution in [1.29, 1.82) is 0 Å². The van der Waals surface area contributed by atoms with Gasteiger partial charge < -0.3 is 10.0 Å². The molecule has 1 aliphatic heterocycles. The average molecular weight is 307 g/mol. The van der Waals surface area contributed by atoms with Gasteiger partial charge in [-0.25, -0.2) is 4.39 Å². The summed E-state index contributed by atoms with van der Waals surface area (Å²) < 4.78 is 12.9. The SMILES string of the molecule is CCC(CC)C(=O)N1CCC(C(O)c2ccc(F)cc2)CC1. The van der Waals surface area contributed by atoms with E-state index in [-0.39, 0.29) is 23.6 Å². The summed E-state index contributed by atoms with van der Waals surface area (Å²) in [5.74, 6) is 0.219. The number of benzene rings is 1. The summed E-state index contributed by atoms with van der Waals surface area (Å²) in [7, 11) is 0. The van der Waals surface area contributed by atoms with Gasteiger partial charge in [0.25, 0.3) is 0 Å². The van der Waals surface area contributed by atoms with Gasteiger partial charge >= 0.3 is 0 Å². The molecule has 1 fully saturated rings. The van der Waals surface area contributed by atoms with Crippen molar-refractivity contribution in [3.63, 3.8) is 0 Å². The lowest BCUT2D eigenvalue weighted by molar-refractivity contribution is -0.137. The number of halogens is 1. The van der Waals surface area contributed by atoms with Gasteiger partial charge in [0.2, 0.25) is 5.91 Å². The van der Waals surface area contributed by atoms with Crippen molar-refractivity contribution >= 4 is 5.91 Å². The van der Waals surface area contributed by atoms with E-state index < -0.39 is 6.10 Å². The summed E-state index contributed by atoms with van der Waals surface area (Å²) in [6, 6.07) is 6.04. The molecule has 2 rings (SSSR count). The number of carbonyl (C=O) groups is 1. The van der Waals surface area contributed by atoms with Gasteiger partial charge in [-0.1, -0.05) is 26.0 Å². The van der Waals surface area contributed by atoms with E-state index in [0.717, 1.165) is 31.2 Å². The van der Waals surface area contributed by atoms with Crippen molar-refractivity contribution in [3.05, 3.63) is 35.6 Å². The maximum Gasteiger partial charge on any atom is 0.225 e. The molecule has 1 unspecified atom stereocenters. The lowest BCUT2D eigenvalue weighted by atomic mass is 9.87. The Bertz CT molecular complexity index is 476. The predicted octanol–water partition coefficient (Wildman–Crippen LogP) is 3.53. The number of rotatable bonds is 5. The topological polar surface area (TPSA) is 40.5 Å². The number of aliphatic hydroxyl groups is 1. The minimum absolute atomic E-state index is 0.124. The van der Waals surface area contributed by atoms with Crippen LogP contribution >= 0.6 is 0 Å². The lowest BCUT2D eigenvalue weighted by Crippen LogP contribution is -2.42. The molecule has 0 radical (unpaired) electrons. The van der Waals surface area contributed by atoms with Gasteiger partial charge in [0.1, 0.15) is 5.82 Å². The predicted molar refractivity (Wildman–Crippen MR) is 84.7 cm³/mol. The van der Waals surface area contributed by atoms with E-state index >= 15 is 0 Å². The molecule has 1 aliphatic rings. The van der Waals surface area contributed by atoms with Crippen LogP contribution < -0.4 is 0 Å². The summed E-state index contributed by atoms with van der Waals surface area (Å²) in [6.45, 7) is 5.52. The first-order chi connectivity index (χ1) is 10.6. The first-order valence-electron chi connectivity index (χ1n) is 8.29. The van der Waals surface area contributed by atoms with Crippen LogP contribution in [0.5, 0.6) is 0 Å². The first-order valence-corrected chi connectivity index (χ1v) is 8.29. The minimum atomic E-state index is -0.578. The second-order valence-electron chi connectivity index (χ2n) is 6.17. The Morgan fingerprint density at radius 1 is 1.23 bits per heavy atom. The molecule has 122 valence electrons. The maximum absolute atomic E-state index is 12.9. The van der Waals surface area contributed by atoms with Gasteiger partial charge in [-0.05, 0) is 49.3 Å². The van der Waals surface area contributed by atoms with Crippen LogP contribution in [0.15, 0.2) is 24.3 Å². The van der Waals surface area contributed by atoms with Crippen LogP contribution in [-0.2, 0) is 4.79 Å². The quantitative estimate of drug-likeness (QED) is 0.904. The third-order valence-corrected chi connectivity index (χ3v) is 4.84. The molecule has 1 saturated heterocycles. The van der Waals surface area contributed by atoms with Gasteiger partial charge in [-0.15, -0.1) is 0 Å². The Balaban J connectivity index is 1.91. The van der Waals surface area contributed by atoms with Gasteiger partial charge in [-0.3, -0.25) is 4.79 Å². The highest BCUT2D eigenvalue weighted by molar-refractivity contribution is 5.78. The molecule has 3 nitrogen and oxygen atoms in total. The standard InChI is InChI=1S/C18H26FNO2/c1-3-13(4-2)18(22)20-11-9-15(10-12-20)17(21)14-5-7-16(19)8-6-14/h5-8,13,15,17,21H,3-4,9-12H2,1-2H3. The van der Waals surface area contributed by atoms with Crippen molar-refractivity contribution in [2.75, 3.05) is 13.1 Å². The number of carbonyl (C=O) groups excluding carboxylic acids is 1. The molecule has 1 aromatic rings. The van der Waals surface area contributed by atoms with Crippen LogP contribution in [0.25, 0.3) is 0 Å². The van der Waals surface area contributed by atoms with E-state index in [9.17, 15) is 14.3 Å². The van der Waals surface area contributed by atoms with Crippen molar-refractivity contribution < 1.29 is 14.3 Å². The summed E-state index contributed by atoms with van der Waals surface area (Å²) in [5, 5.41) is 10.4. The largest absolute Gasteiger partial charge is 0.388 e. The van der Waals surface area contributed by atoms with Crippen LogP contribution in [0.3, 0.4) is 0 Å². The minimum Gasteiger partial charge on any atom is -0.388 e. The van der Waals surface area contributed by atoms with Crippen LogP contribution in [0.2, 0.25) is 0 Å². The highest BCUT2D eigenvalue weighted by Crippen LogP contribution is 2.31. The Labute approximate surface area is 132 Å². The van der Waals surface area contributed by atoms with E-state index in [1.165, 1.54) is 12.1 Å². The molecule has 0 bridgehead atoms. The molecule has 0 aromatic heterocycles. The van der Waals surface area contributed by atoms with Gasteiger partial charge in [-0.2, -0.15) is 0 Å². The first kappa shape index (κ1) is 16.9. The molecule has 1 aromatic carbocycles. The zero-order chi connectivity index (χ0) is 16.1. The Morgan fingerprint density at radius 2 is 1.77 bits per heavy atom. The van der Waals surface area contributed by atoms with Crippen molar-refractivity contribution in [1.82, 2.24) is 4.90 Å². The summed E-state index contributed by atoms with van der Waals surface area (Å²) in [6.07, 6.45) is 2.78. The highest BCUT2D eigenvalue weighted by atomic mass is 19.1. The summed E-state index contributed by atoms with van der Waals surface area (Å²) >= 11 is 0. The number of likely N-dealkylation sites (tertiary alicyclic amines) is 1. The van der Waals surface area contributed by atoms with Crippen molar-refractivity contribution in [2.24, 2.45) is 11.8 Å². The molecule has 0 saturated carbocycles. The number of amides is 1. The molecule has 1 heterocycles. The van der Waals surface area contributed by atoms with Gasteiger partial charge in [0, 0.05) is 19.0 Å².